The molecule has 3 nitrogen and oxygen atoms in total. The minimum atomic E-state index is -1.35. The van der Waals surface area contributed by atoms with Gasteiger partial charge in [-0.1, -0.05) is 57.0 Å². The number of benzene rings is 1. The van der Waals surface area contributed by atoms with Gasteiger partial charge in [0.1, 0.15) is 0 Å². The van der Waals surface area contributed by atoms with E-state index in [4.69, 9.17) is 15.2 Å². The van der Waals surface area contributed by atoms with Crippen molar-refractivity contribution in [1.82, 2.24) is 4.98 Å². The van der Waals surface area contributed by atoms with Crippen LogP contribution in [-0.2, 0) is 26.5 Å². The molecule has 0 bridgehead atoms. The van der Waals surface area contributed by atoms with Crippen molar-refractivity contribution in [1.29, 1.82) is 0 Å². The van der Waals surface area contributed by atoms with E-state index in [1.165, 1.54) is 32.1 Å². The van der Waals surface area contributed by atoms with Crippen LogP contribution in [0.2, 0.25) is 19.6 Å². The average Bonchev–Trinajstić information content (AvgIpc) is 3.18. The number of hydrogen-bond donors (Lipinski definition) is 2. The SMILES string of the molecule is CO.CO.C[Si](C)(C)c1cnc(-c2[c-]cccc2)cc1CC1CCCC1.[Ir]. The molecule has 0 aliphatic heterocycles. The predicted octanol–water partition coefficient (Wildman–Crippen LogP) is 4.04. The Labute approximate surface area is 179 Å². The molecule has 1 aromatic carbocycles. The van der Waals surface area contributed by atoms with Crippen molar-refractivity contribution >= 4 is 13.3 Å². The van der Waals surface area contributed by atoms with Crippen LogP contribution in [0.4, 0.5) is 0 Å². The maximum atomic E-state index is 7.00. The summed E-state index contributed by atoms with van der Waals surface area (Å²) >= 11 is 0. The van der Waals surface area contributed by atoms with Gasteiger partial charge in [0.05, 0.1) is 8.07 Å². The van der Waals surface area contributed by atoms with Crippen molar-refractivity contribution in [2.75, 3.05) is 14.2 Å². The normalized spacial score (nSPS) is 13.6. The number of nitrogens with zero attached hydrogens (tertiary/aromatic N) is 1. The van der Waals surface area contributed by atoms with Gasteiger partial charge in [-0.15, -0.1) is 35.9 Å². The average molecular weight is 565 g/mol. The Hall–Kier alpha value is -0.844. The molecular formula is C22H34IrNO2Si-. The zero-order valence-corrected chi connectivity index (χ0v) is 20.6. The fourth-order valence-corrected chi connectivity index (χ4v) is 5.16. The molecule has 0 amide bonds. The van der Waals surface area contributed by atoms with Crippen LogP contribution in [0.15, 0.2) is 36.5 Å². The van der Waals surface area contributed by atoms with Crippen LogP contribution in [-0.4, -0.2) is 37.5 Å². The minimum Gasteiger partial charge on any atom is -0.400 e. The number of rotatable bonds is 4. The Morgan fingerprint density at radius 3 is 2.22 bits per heavy atom. The Bertz CT molecular complexity index is 639. The van der Waals surface area contributed by atoms with E-state index in [9.17, 15) is 0 Å². The van der Waals surface area contributed by atoms with E-state index in [0.717, 1.165) is 31.4 Å². The zero-order valence-electron chi connectivity index (χ0n) is 17.3. The topological polar surface area (TPSA) is 53.4 Å². The molecule has 1 aliphatic carbocycles. The van der Waals surface area contributed by atoms with Crippen molar-refractivity contribution in [3.63, 3.8) is 0 Å². The Kier molecular flexibility index (Phi) is 12.9. The van der Waals surface area contributed by atoms with E-state index in [1.807, 2.05) is 12.1 Å². The smallest absolute Gasteiger partial charge is 0.0798 e. The molecule has 1 saturated carbocycles. The van der Waals surface area contributed by atoms with Gasteiger partial charge < -0.3 is 15.2 Å². The number of hydrogen-bond acceptors (Lipinski definition) is 3. The molecule has 0 spiro atoms. The fraction of sp³-hybridized carbons (Fsp3) is 0.500. The first-order chi connectivity index (χ1) is 12.5. The molecule has 2 aromatic rings. The van der Waals surface area contributed by atoms with Crippen molar-refractivity contribution < 1.29 is 30.3 Å². The minimum absolute atomic E-state index is 0. The maximum absolute atomic E-state index is 7.00. The van der Waals surface area contributed by atoms with E-state index in [0.29, 0.717) is 0 Å². The molecule has 1 radical (unpaired) electrons. The first-order valence-corrected chi connectivity index (χ1v) is 12.9. The van der Waals surface area contributed by atoms with Crippen molar-refractivity contribution in [3.8, 4) is 11.3 Å². The molecule has 1 heterocycles. The second-order valence-corrected chi connectivity index (χ2v) is 12.6. The molecule has 0 atom stereocenters. The van der Waals surface area contributed by atoms with Gasteiger partial charge in [-0.25, -0.2) is 0 Å². The molecular weight excluding hydrogens is 531 g/mol. The summed E-state index contributed by atoms with van der Waals surface area (Å²) in [5.74, 6) is 0.880. The van der Waals surface area contributed by atoms with Gasteiger partial charge in [-0.3, -0.25) is 0 Å². The molecule has 0 saturated heterocycles. The number of aliphatic hydroxyl groups is 2. The van der Waals surface area contributed by atoms with E-state index < -0.39 is 8.07 Å². The molecule has 5 heteroatoms. The van der Waals surface area contributed by atoms with Gasteiger partial charge >= 0.3 is 0 Å². The molecule has 1 fully saturated rings. The quantitative estimate of drug-likeness (QED) is 0.436. The van der Waals surface area contributed by atoms with Crippen LogP contribution >= 0.6 is 0 Å². The fourth-order valence-electron chi connectivity index (χ4n) is 3.57. The maximum Gasteiger partial charge on any atom is 0.0798 e. The molecule has 1 aromatic heterocycles. The number of aliphatic hydroxyl groups excluding tert-OH is 2. The van der Waals surface area contributed by atoms with Gasteiger partial charge in [0, 0.05) is 40.5 Å². The molecule has 153 valence electrons. The summed E-state index contributed by atoms with van der Waals surface area (Å²) in [6.45, 7) is 7.28. The third kappa shape index (κ3) is 7.96. The van der Waals surface area contributed by atoms with Crippen LogP contribution in [0.3, 0.4) is 0 Å². The van der Waals surface area contributed by atoms with Crippen LogP contribution in [0.25, 0.3) is 11.3 Å². The summed E-state index contributed by atoms with van der Waals surface area (Å²) in [6, 6.07) is 13.8. The molecule has 0 unspecified atom stereocenters. The van der Waals surface area contributed by atoms with E-state index in [2.05, 4.69) is 50.1 Å². The van der Waals surface area contributed by atoms with Crippen LogP contribution < -0.4 is 5.19 Å². The molecule has 3 rings (SSSR count). The summed E-state index contributed by atoms with van der Waals surface area (Å²) in [7, 11) is 0.654. The Morgan fingerprint density at radius 2 is 1.70 bits per heavy atom. The second-order valence-electron chi connectivity index (χ2n) is 7.61. The second kappa shape index (κ2) is 13.4. The number of pyridine rings is 1. The summed E-state index contributed by atoms with van der Waals surface area (Å²) in [4.78, 5) is 4.75. The first-order valence-electron chi connectivity index (χ1n) is 9.40. The van der Waals surface area contributed by atoms with Gasteiger partial charge in [-0.05, 0) is 23.2 Å². The molecule has 1 aliphatic rings. The van der Waals surface area contributed by atoms with Crippen molar-refractivity contribution in [2.45, 2.75) is 51.7 Å². The van der Waals surface area contributed by atoms with Crippen molar-refractivity contribution in [3.05, 3.63) is 48.2 Å². The Balaban J connectivity index is 0.00000127. The third-order valence-corrected chi connectivity index (χ3v) is 6.83. The van der Waals surface area contributed by atoms with Gasteiger partial charge in [0.25, 0.3) is 0 Å². The summed E-state index contributed by atoms with van der Waals surface area (Å²) < 4.78 is 0. The summed E-state index contributed by atoms with van der Waals surface area (Å²) in [6.07, 6.45) is 9.03. The molecule has 2 N–H and O–H groups in total. The van der Waals surface area contributed by atoms with E-state index >= 15 is 0 Å². The van der Waals surface area contributed by atoms with Crippen LogP contribution in [0, 0.1) is 12.0 Å². The predicted molar refractivity (Wildman–Crippen MR) is 113 cm³/mol. The summed E-state index contributed by atoms with van der Waals surface area (Å²) in [5, 5.41) is 15.5. The molecule has 27 heavy (non-hydrogen) atoms. The van der Waals surface area contributed by atoms with E-state index in [1.54, 1.807) is 10.8 Å². The standard InChI is InChI=1S/C20H26NSi.2CH4O.Ir/c1-22(2,3)20-15-21-19(17-11-5-4-6-12-17)14-18(20)13-16-9-7-8-10-16;2*1-2;/h4-6,11,14-16H,7-10,13H2,1-3H3;2*2H,1H3;/q-1;;;. The van der Waals surface area contributed by atoms with Crippen LogP contribution in [0.5, 0.6) is 0 Å². The monoisotopic (exact) mass is 565 g/mol. The van der Waals surface area contributed by atoms with Crippen LogP contribution in [0.1, 0.15) is 31.2 Å². The third-order valence-electron chi connectivity index (χ3n) is 4.77. The van der Waals surface area contributed by atoms with E-state index in [-0.39, 0.29) is 20.1 Å². The summed E-state index contributed by atoms with van der Waals surface area (Å²) in [5.41, 5.74) is 3.74. The van der Waals surface area contributed by atoms with Gasteiger partial charge in [-0.2, -0.15) is 0 Å². The van der Waals surface area contributed by atoms with Crippen molar-refractivity contribution in [2.24, 2.45) is 5.92 Å². The number of aromatic nitrogens is 1. The zero-order chi connectivity index (χ0) is 19.6. The van der Waals surface area contributed by atoms with Gasteiger partial charge in [0.2, 0.25) is 0 Å². The first kappa shape index (κ1) is 26.2. The van der Waals surface area contributed by atoms with Gasteiger partial charge in [0.15, 0.2) is 0 Å². The Morgan fingerprint density at radius 1 is 1.07 bits per heavy atom. The largest absolute Gasteiger partial charge is 0.400 e.